The van der Waals surface area contributed by atoms with Crippen LogP contribution < -0.4 is 10.1 Å². The summed E-state index contributed by atoms with van der Waals surface area (Å²) >= 11 is 0. The molecule has 0 saturated carbocycles. The monoisotopic (exact) mass is 396 g/mol. The quantitative estimate of drug-likeness (QED) is 0.765. The lowest BCUT2D eigenvalue weighted by Gasteiger charge is -2.37. The topological polar surface area (TPSA) is 24.5 Å². The van der Waals surface area contributed by atoms with Gasteiger partial charge >= 0.3 is 18.7 Å². The Hall–Kier alpha value is -1.26. The lowest BCUT2D eigenvalue weighted by atomic mass is 10.0. The molecule has 25 heavy (non-hydrogen) atoms. The molecule has 1 aromatic carbocycles. The molecule has 1 aromatic rings. The molecule has 11 heteroatoms. The van der Waals surface area contributed by atoms with Crippen molar-refractivity contribution in [2.75, 3.05) is 26.2 Å². The lowest BCUT2D eigenvalue weighted by molar-refractivity contribution is -0.254. The molecular formula is C14H16ClF7N2O. The van der Waals surface area contributed by atoms with Crippen molar-refractivity contribution in [3.8, 4) is 5.75 Å². The van der Waals surface area contributed by atoms with Crippen LogP contribution in [0.15, 0.2) is 24.3 Å². The van der Waals surface area contributed by atoms with Gasteiger partial charge in [-0.05, 0) is 6.07 Å². The molecule has 0 aliphatic carbocycles. The summed E-state index contributed by atoms with van der Waals surface area (Å²) in [5.74, 6) is -0.913. The van der Waals surface area contributed by atoms with Crippen molar-refractivity contribution in [2.24, 2.45) is 0 Å². The van der Waals surface area contributed by atoms with Gasteiger partial charge in [0, 0.05) is 31.7 Å². The summed E-state index contributed by atoms with van der Waals surface area (Å²) in [5.41, 5.74) is -0.618. The van der Waals surface area contributed by atoms with Crippen LogP contribution in [0.25, 0.3) is 0 Å². The number of halogens is 8. The van der Waals surface area contributed by atoms with Crippen molar-refractivity contribution in [2.45, 2.75) is 24.8 Å². The van der Waals surface area contributed by atoms with E-state index < -0.39 is 36.1 Å². The molecule has 0 bridgehead atoms. The smallest absolute Gasteiger partial charge is 0.428 e. The molecule has 1 aliphatic heterocycles. The van der Waals surface area contributed by atoms with Crippen LogP contribution in [0.3, 0.4) is 0 Å². The second-order valence-corrected chi connectivity index (χ2v) is 5.23. The standard InChI is InChI=1S/C14H15F7N2O.ClH/c15-12(16)14(20,21)24-10-4-2-1-3-9(10)11(13(17,18)19)23-7-5-22-6-8-23;/h1-4,11-12,22H,5-8H2;1H/t11-;/m1./s1. The van der Waals surface area contributed by atoms with Gasteiger partial charge in [-0.25, -0.2) is 0 Å². The van der Waals surface area contributed by atoms with Gasteiger partial charge in [-0.1, -0.05) is 18.2 Å². The van der Waals surface area contributed by atoms with E-state index in [4.69, 9.17) is 0 Å². The Morgan fingerprint density at radius 3 is 2.08 bits per heavy atom. The maximum atomic E-state index is 13.5. The Morgan fingerprint density at radius 1 is 1.00 bits per heavy atom. The molecule has 0 amide bonds. The summed E-state index contributed by atoms with van der Waals surface area (Å²) in [6.07, 6.45) is -13.8. The van der Waals surface area contributed by atoms with E-state index in [0.29, 0.717) is 13.1 Å². The number of piperazine rings is 1. The van der Waals surface area contributed by atoms with Gasteiger partial charge in [0.2, 0.25) is 0 Å². The minimum absolute atomic E-state index is 0. The Labute approximate surface area is 145 Å². The SMILES string of the molecule is Cl.FC(F)C(F)(F)Oc1ccccc1[C@@H](N1CCNCC1)C(F)(F)F. The zero-order chi connectivity index (χ0) is 18.0. The van der Waals surface area contributed by atoms with Crippen molar-refractivity contribution in [1.29, 1.82) is 0 Å². The van der Waals surface area contributed by atoms with Crippen molar-refractivity contribution < 1.29 is 35.5 Å². The fourth-order valence-electron chi connectivity index (χ4n) is 2.51. The lowest BCUT2D eigenvalue weighted by Crippen LogP contribution is -2.49. The Balaban J connectivity index is 0.00000312. The van der Waals surface area contributed by atoms with Crippen LogP contribution >= 0.6 is 12.4 Å². The highest BCUT2D eigenvalue weighted by Gasteiger charge is 2.49. The van der Waals surface area contributed by atoms with Crippen molar-refractivity contribution in [1.82, 2.24) is 10.2 Å². The molecule has 1 aliphatic rings. The first-order valence-electron chi connectivity index (χ1n) is 7.08. The average Bonchev–Trinajstić information content (AvgIpc) is 2.48. The second-order valence-electron chi connectivity index (χ2n) is 5.23. The number of nitrogens with one attached hydrogen (secondary N) is 1. The van der Waals surface area contributed by atoms with Crippen LogP contribution in [0, 0.1) is 0 Å². The molecule has 0 aromatic heterocycles. The van der Waals surface area contributed by atoms with Crippen molar-refractivity contribution >= 4 is 12.4 Å². The molecule has 0 spiro atoms. The molecule has 2 rings (SSSR count). The third-order valence-electron chi connectivity index (χ3n) is 3.54. The minimum Gasteiger partial charge on any atom is -0.428 e. The predicted octanol–water partition coefficient (Wildman–Crippen LogP) is 3.85. The highest BCUT2D eigenvalue weighted by molar-refractivity contribution is 5.85. The van der Waals surface area contributed by atoms with E-state index in [2.05, 4.69) is 10.1 Å². The van der Waals surface area contributed by atoms with Crippen LogP contribution in [-0.4, -0.2) is 49.8 Å². The van der Waals surface area contributed by atoms with Gasteiger partial charge < -0.3 is 10.1 Å². The Morgan fingerprint density at radius 2 is 1.56 bits per heavy atom. The van der Waals surface area contributed by atoms with E-state index in [9.17, 15) is 30.7 Å². The summed E-state index contributed by atoms with van der Waals surface area (Å²) < 4.78 is 95.3. The fourth-order valence-corrected chi connectivity index (χ4v) is 2.51. The highest BCUT2D eigenvalue weighted by Crippen LogP contribution is 2.43. The summed E-state index contributed by atoms with van der Waals surface area (Å²) in [4.78, 5) is 1.05. The van der Waals surface area contributed by atoms with Gasteiger partial charge in [0.25, 0.3) is 0 Å². The molecule has 1 N–H and O–H groups in total. The maximum absolute atomic E-state index is 13.5. The minimum atomic E-state index is -4.88. The van der Waals surface area contributed by atoms with Crippen LogP contribution in [0.1, 0.15) is 11.6 Å². The van der Waals surface area contributed by atoms with Crippen LogP contribution in [-0.2, 0) is 0 Å². The fraction of sp³-hybridized carbons (Fsp3) is 0.571. The number of ether oxygens (including phenoxy) is 1. The van der Waals surface area contributed by atoms with Gasteiger partial charge in [0.05, 0.1) is 0 Å². The summed E-state index contributed by atoms with van der Waals surface area (Å²) in [6.45, 7) is 0.652. The first kappa shape index (κ1) is 21.8. The van der Waals surface area contributed by atoms with E-state index in [1.807, 2.05) is 0 Å². The number of para-hydroxylation sites is 1. The van der Waals surface area contributed by atoms with Crippen LogP contribution in [0.4, 0.5) is 30.7 Å². The highest BCUT2D eigenvalue weighted by atomic mass is 35.5. The van der Waals surface area contributed by atoms with Gasteiger partial charge in [-0.15, -0.1) is 12.4 Å². The van der Waals surface area contributed by atoms with Crippen molar-refractivity contribution in [3.05, 3.63) is 29.8 Å². The number of nitrogens with zero attached hydrogens (tertiary/aromatic N) is 1. The average molecular weight is 397 g/mol. The molecule has 144 valence electrons. The molecule has 1 saturated heterocycles. The molecule has 0 radical (unpaired) electrons. The van der Waals surface area contributed by atoms with E-state index in [-0.39, 0.29) is 25.5 Å². The van der Waals surface area contributed by atoms with Crippen molar-refractivity contribution in [3.63, 3.8) is 0 Å². The molecule has 0 unspecified atom stereocenters. The van der Waals surface area contributed by atoms with Crippen LogP contribution in [0.5, 0.6) is 5.75 Å². The van der Waals surface area contributed by atoms with E-state index in [1.54, 1.807) is 0 Å². The van der Waals surface area contributed by atoms with E-state index in [0.717, 1.165) is 23.1 Å². The van der Waals surface area contributed by atoms with E-state index >= 15 is 0 Å². The predicted molar refractivity (Wildman–Crippen MR) is 78.5 cm³/mol. The number of benzene rings is 1. The molecular weight excluding hydrogens is 381 g/mol. The molecule has 1 fully saturated rings. The zero-order valence-corrected chi connectivity index (χ0v) is 13.5. The molecule has 1 heterocycles. The van der Waals surface area contributed by atoms with Gasteiger partial charge in [-0.3, -0.25) is 4.90 Å². The zero-order valence-electron chi connectivity index (χ0n) is 12.7. The Bertz CT molecular complexity index is 550. The first-order valence-corrected chi connectivity index (χ1v) is 7.08. The summed E-state index contributed by atoms with van der Waals surface area (Å²) in [5, 5.41) is 2.88. The number of hydrogen-bond acceptors (Lipinski definition) is 3. The number of alkyl halides is 7. The Kier molecular flexibility index (Phi) is 7.33. The third kappa shape index (κ3) is 5.35. The normalized spacial score (nSPS) is 17.9. The summed E-state index contributed by atoms with van der Waals surface area (Å²) in [7, 11) is 0. The second kappa shape index (κ2) is 8.41. The third-order valence-corrected chi connectivity index (χ3v) is 3.54. The van der Waals surface area contributed by atoms with Crippen LogP contribution in [0.2, 0.25) is 0 Å². The van der Waals surface area contributed by atoms with Gasteiger partial charge in [0.1, 0.15) is 11.8 Å². The molecule has 1 atom stereocenters. The largest absolute Gasteiger partial charge is 0.461 e. The first-order chi connectivity index (χ1) is 11.1. The van der Waals surface area contributed by atoms with Gasteiger partial charge in [-0.2, -0.15) is 30.7 Å². The van der Waals surface area contributed by atoms with E-state index in [1.165, 1.54) is 6.07 Å². The maximum Gasteiger partial charge on any atom is 0.461 e. The number of hydrogen-bond donors (Lipinski definition) is 1. The molecule has 3 nitrogen and oxygen atoms in total. The summed E-state index contributed by atoms with van der Waals surface area (Å²) in [6, 6.07) is 1.92. The number of rotatable bonds is 5. The van der Waals surface area contributed by atoms with Gasteiger partial charge in [0.15, 0.2) is 0 Å².